The van der Waals surface area contributed by atoms with E-state index in [4.69, 9.17) is 4.42 Å². The van der Waals surface area contributed by atoms with Crippen molar-refractivity contribution in [3.8, 4) is 50.2 Å². The molecule has 0 saturated carbocycles. The number of nitrogens with zero attached hydrogens (tertiary/aromatic N) is 2. The molecule has 2 aromatic heterocycles. The fraction of sp³-hybridized carbons (Fsp3) is 0. The Morgan fingerprint density at radius 3 is 1.65 bits per heavy atom. The predicted molar refractivity (Wildman–Crippen MR) is 264 cm³/mol. The molecule has 3 heteroatoms. The van der Waals surface area contributed by atoms with Gasteiger partial charge in [0.15, 0.2) is 0 Å². The lowest BCUT2D eigenvalue weighted by atomic mass is 9.94. The number of furan rings is 1. The summed E-state index contributed by atoms with van der Waals surface area (Å²) in [5.74, 6) is 0. The van der Waals surface area contributed by atoms with Crippen LogP contribution in [-0.4, -0.2) is 4.57 Å². The van der Waals surface area contributed by atoms with Crippen LogP contribution in [0, 0.1) is 0 Å². The molecule has 10 aromatic carbocycles. The van der Waals surface area contributed by atoms with Crippen molar-refractivity contribution in [2.24, 2.45) is 0 Å². The lowest BCUT2D eigenvalue weighted by Gasteiger charge is -2.29. The molecule has 12 aromatic rings. The maximum absolute atomic E-state index is 6.41. The molecule has 0 unspecified atom stereocenters. The van der Waals surface area contributed by atoms with Gasteiger partial charge in [-0.2, -0.15) is 0 Å². The van der Waals surface area contributed by atoms with E-state index in [-0.39, 0.29) is 0 Å². The van der Waals surface area contributed by atoms with Crippen molar-refractivity contribution in [3.63, 3.8) is 0 Å². The summed E-state index contributed by atoms with van der Waals surface area (Å²) in [5, 5.41) is 4.74. The van der Waals surface area contributed by atoms with Gasteiger partial charge >= 0.3 is 0 Å². The largest absolute Gasteiger partial charge is 0.456 e. The van der Waals surface area contributed by atoms with Crippen LogP contribution in [0.3, 0.4) is 0 Å². The van der Waals surface area contributed by atoms with Crippen LogP contribution >= 0.6 is 0 Å². The Kier molecular flexibility index (Phi) is 8.83. The molecule has 0 aliphatic heterocycles. The number of para-hydroxylation sites is 4. The number of fused-ring (bicyclic) bond motifs is 6. The van der Waals surface area contributed by atoms with Gasteiger partial charge in [0, 0.05) is 44.2 Å². The van der Waals surface area contributed by atoms with Crippen molar-refractivity contribution in [3.05, 3.63) is 243 Å². The van der Waals surface area contributed by atoms with E-state index in [9.17, 15) is 0 Å². The molecule has 0 bridgehead atoms. The third-order valence-electron chi connectivity index (χ3n) is 12.4. The van der Waals surface area contributed by atoms with Gasteiger partial charge in [-0.1, -0.05) is 176 Å². The molecule has 0 radical (unpaired) electrons. The fourth-order valence-electron chi connectivity index (χ4n) is 9.57. The summed E-state index contributed by atoms with van der Waals surface area (Å²) in [7, 11) is 0. The van der Waals surface area contributed by atoms with Crippen LogP contribution in [-0.2, 0) is 0 Å². The average molecular weight is 805 g/mol. The van der Waals surface area contributed by atoms with Crippen molar-refractivity contribution in [2.45, 2.75) is 0 Å². The lowest BCUT2D eigenvalue weighted by Crippen LogP contribution is -2.11. The Labute approximate surface area is 366 Å². The predicted octanol–water partition coefficient (Wildman–Crippen LogP) is 16.8. The summed E-state index contributed by atoms with van der Waals surface area (Å²) >= 11 is 0. The molecule has 0 atom stereocenters. The van der Waals surface area contributed by atoms with Gasteiger partial charge < -0.3 is 13.9 Å². The van der Waals surface area contributed by atoms with Gasteiger partial charge in [-0.15, -0.1) is 0 Å². The van der Waals surface area contributed by atoms with E-state index in [1.807, 2.05) is 6.07 Å². The van der Waals surface area contributed by atoms with Crippen molar-refractivity contribution < 1.29 is 4.42 Å². The second-order valence-electron chi connectivity index (χ2n) is 16.1. The van der Waals surface area contributed by atoms with Gasteiger partial charge in [0.2, 0.25) is 0 Å². The van der Waals surface area contributed by atoms with E-state index in [1.54, 1.807) is 0 Å². The summed E-state index contributed by atoms with van der Waals surface area (Å²) in [6, 6.07) is 87.1. The van der Waals surface area contributed by atoms with Gasteiger partial charge in [0.1, 0.15) is 11.2 Å². The Morgan fingerprint density at radius 1 is 0.317 bits per heavy atom. The molecule has 0 aliphatic rings. The Balaban J connectivity index is 1.01. The fourth-order valence-corrected chi connectivity index (χ4v) is 9.57. The quantitative estimate of drug-likeness (QED) is 0.153. The number of aromatic nitrogens is 1. The Bertz CT molecular complexity index is 3580. The second kappa shape index (κ2) is 15.3. The Morgan fingerprint density at radius 2 is 0.873 bits per heavy atom. The van der Waals surface area contributed by atoms with Crippen LogP contribution in [0.2, 0.25) is 0 Å². The summed E-state index contributed by atoms with van der Waals surface area (Å²) < 4.78 is 8.79. The first-order valence-corrected chi connectivity index (χ1v) is 21.5. The highest BCUT2D eigenvalue weighted by atomic mass is 16.3. The monoisotopic (exact) mass is 804 g/mol. The van der Waals surface area contributed by atoms with Crippen LogP contribution in [0.5, 0.6) is 0 Å². The first-order valence-electron chi connectivity index (χ1n) is 21.5. The zero-order valence-corrected chi connectivity index (χ0v) is 34.4. The van der Waals surface area contributed by atoms with E-state index in [2.05, 4.69) is 246 Å². The lowest BCUT2D eigenvalue weighted by molar-refractivity contribution is 0.669. The minimum absolute atomic E-state index is 0.877. The first-order chi connectivity index (χ1) is 31.3. The van der Waals surface area contributed by atoms with E-state index in [0.29, 0.717) is 0 Å². The molecule has 0 spiro atoms. The molecule has 0 saturated heterocycles. The summed E-state index contributed by atoms with van der Waals surface area (Å²) in [6.45, 7) is 0. The van der Waals surface area contributed by atoms with Crippen LogP contribution in [0.4, 0.5) is 17.1 Å². The zero-order chi connectivity index (χ0) is 41.7. The maximum atomic E-state index is 6.41. The van der Waals surface area contributed by atoms with Crippen molar-refractivity contribution in [2.75, 3.05) is 4.90 Å². The van der Waals surface area contributed by atoms with Gasteiger partial charge in [-0.05, 0) is 106 Å². The standard InChI is InChI=1S/C60H40N2O/c1-2-17-42(18-3-1)48-23-4-5-24-49(48)44-20-15-21-46(40-44)61(55-30-10-8-27-52(55)53-29-16-34-59-60(53)54-28-9-13-33-58(54)63-59)45-37-35-41(36-38-45)43-19-14-22-47(39-43)62-56-31-11-6-25-50(56)51-26-7-12-32-57(51)62/h1-40H. The molecule has 63 heavy (non-hydrogen) atoms. The molecular formula is C60H40N2O. The van der Waals surface area contributed by atoms with Gasteiger partial charge in [0.25, 0.3) is 0 Å². The number of hydrogen-bond donors (Lipinski definition) is 0. The minimum Gasteiger partial charge on any atom is -0.456 e. The second-order valence-corrected chi connectivity index (χ2v) is 16.1. The third-order valence-corrected chi connectivity index (χ3v) is 12.4. The summed E-state index contributed by atoms with van der Waals surface area (Å²) in [4.78, 5) is 2.41. The minimum atomic E-state index is 0.877. The van der Waals surface area contributed by atoms with Gasteiger partial charge in [0.05, 0.1) is 16.7 Å². The number of hydrogen-bond acceptors (Lipinski definition) is 2. The SMILES string of the molecule is c1ccc(-c2ccccc2-c2cccc(N(c3ccc(-c4cccc(-n5c6ccccc6c6ccccc65)c4)cc3)c3ccccc3-c3cccc4oc5ccccc5c34)c2)cc1. The van der Waals surface area contributed by atoms with Gasteiger partial charge in [-0.3, -0.25) is 0 Å². The Hall–Kier alpha value is -8.40. The average Bonchev–Trinajstić information content (AvgIpc) is 3.91. The van der Waals surface area contributed by atoms with E-state index >= 15 is 0 Å². The molecule has 0 aliphatic carbocycles. The molecule has 12 rings (SSSR count). The van der Waals surface area contributed by atoms with E-state index < -0.39 is 0 Å². The van der Waals surface area contributed by atoms with Crippen LogP contribution < -0.4 is 4.90 Å². The van der Waals surface area contributed by atoms with Crippen LogP contribution in [0.1, 0.15) is 0 Å². The van der Waals surface area contributed by atoms with E-state index in [1.165, 1.54) is 38.5 Å². The molecule has 296 valence electrons. The zero-order valence-electron chi connectivity index (χ0n) is 34.4. The summed E-state index contributed by atoms with van der Waals surface area (Å²) in [5.41, 5.74) is 17.8. The highest BCUT2D eigenvalue weighted by molar-refractivity contribution is 6.14. The molecule has 0 N–H and O–H groups in total. The molecule has 3 nitrogen and oxygen atoms in total. The smallest absolute Gasteiger partial charge is 0.136 e. The summed E-state index contributed by atoms with van der Waals surface area (Å²) in [6.07, 6.45) is 0. The normalized spacial score (nSPS) is 11.5. The first kappa shape index (κ1) is 36.5. The molecule has 0 amide bonds. The van der Waals surface area contributed by atoms with Crippen molar-refractivity contribution >= 4 is 60.8 Å². The number of benzene rings is 10. The number of anilines is 3. The van der Waals surface area contributed by atoms with Crippen LogP contribution in [0.25, 0.3) is 93.9 Å². The van der Waals surface area contributed by atoms with Gasteiger partial charge in [-0.25, -0.2) is 0 Å². The highest BCUT2D eigenvalue weighted by Gasteiger charge is 2.21. The highest BCUT2D eigenvalue weighted by Crippen LogP contribution is 2.46. The third kappa shape index (κ3) is 6.29. The van der Waals surface area contributed by atoms with E-state index in [0.717, 1.165) is 72.5 Å². The molecular weight excluding hydrogens is 765 g/mol. The van der Waals surface area contributed by atoms with Crippen LogP contribution in [0.15, 0.2) is 247 Å². The maximum Gasteiger partial charge on any atom is 0.136 e. The van der Waals surface area contributed by atoms with Crippen molar-refractivity contribution in [1.82, 2.24) is 4.57 Å². The molecule has 0 fully saturated rings. The number of rotatable bonds is 8. The topological polar surface area (TPSA) is 21.3 Å². The molecule has 2 heterocycles. The van der Waals surface area contributed by atoms with Crippen molar-refractivity contribution in [1.29, 1.82) is 0 Å².